The van der Waals surface area contributed by atoms with Crippen LogP contribution in [-0.4, -0.2) is 0 Å². The van der Waals surface area contributed by atoms with Gasteiger partial charge in [-0.05, 0) is 63.5 Å². The van der Waals surface area contributed by atoms with Gasteiger partial charge in [0.1, 0.15) is 5.82 Å². The summed E-state index contributed by atoms with van der Waals surface area (Å²) in [5, 5.41) is 3.50. The summed E-state index contributed by atoms with van der Waals surface area (Å²) in [7, 11) is 0. The fourth-order valence-electron chi connectivity index (χ4n) is 3.16. The SMILES string of the molecule is CC1(C)CCC(Nc2cc(F)ccc2Br)c2ccccc21. The molecule has 1 aliphatic carbocycles. The Hall–Kier alpha value is -1.35. The average molecular weight is 348 g/mol. The molecule has 0 radical (unpaired) electrons. The van der Waals surface area contributed by atoms with E-state index in [-0.39, 0.29) is 17.3 Å². The van der Waals surface area contributed by atoms with Gasteiger partial charge in [-0.2, -0.15) is 0 Å². The third kappa shape index (κ3) is 2.84. The first-order chi connectivity index (χ1) is 9.97. The maximum absolute atomic E-state index is 13.5. The monoisotopic (exact) mass is 347 g/mol. The van der Waals surface area contributed by atoms with Gasteiger partial charge in [-0.25, -0.2) is 4.39 Å². The Morgan fingerprint density at radius 2 is 1.95 bits per heavy atom. The van der Waals surface area contributed by atoms with Crippen LogP contribution in [0.25, 0.3) is 0 Å². The zero-order chi connectivity index (χ0) is 15.0. The van der Waals surface area contributed by atoms with Crippen molar-refractivity contribution in [1.82, 2.24) is 0 Å². The zero-order valence-electron chi connectivity index (χ0n) is 12.3. The summed E-state index contributed by atoms with van der Waals surface area (Å²) in [6.07, 6.45) is 2.17. The lowest BCUT2D eigenvalue weighted by Gasteiger charge is -2.37. The standard InChI is InChI=1S/C18H19BrFN/c1-18(2)10-9-16(13-5-3-4-6-14(13)18)21-17-11-12(20)7-8-15(17)19/h3-8,11,16,21H,9-10H2,1-2H3. The second-order valence-electron chi connectivity index (χ2n) is 6.33. The third-order valence-electron chi connectivity index (χ3n) is 4.38. The summed E-state index contributed by atoms with van der Waals surface area (Å²) >= 11 is 3.49. The summed E-state index contributed by atoms with van der Waals surface area (Å²) in [6, 6.07) is 13.6. The van der Waals surface area contributed by atoms with Crippen molar-refractivity contribution in [1.29, 1.82) is 0 Å². The average Bonchev–Trinajstić information content (AvgIpc) is 2.46. The molecule has 0 saturated heterocycles. The van der Waals surface area contributed by atoms with Gasteiger partial charge in [-0.1, -0.05) is 38.1 Å². The Morgan fingerprint density at radius 1 is 1.19 bits per heavy atom. The molecule has 1 atom stereocenters. The highest BCUT2D eigenvalue weighted by Gasteiger charge is 2.32. The van der Waals surface area contributed by atoms with E-state index in [1.54, 1.807) is 12.1 Å². The van der Waals surface area contributed by atoms with Gasteiger partial charge in [-0.3, -0.25) is 0 Å². The van der Waals surface area contributed by atoms with E-state index in [0.29, 0.717) is 0 Å². The molecule has 1 aliphatic rings. The summed E-state index contributed by atoms with van der Waals surface area (Å²) in [5.74, 6) is -0.217. The van der Waals surface area contributed by atoms with Crippen LogP contribution in [0.5, 0.6) is 0 Å². The Labute approximate surface area is 133 Å². The molecule has 2 aromatic rings. The number of hydrogen-bond acceptors (Lipinski definition) is 1. The van der Waals surface area contributed by atoms with Crippen LogP contribution in [-0.2, 0) is 5.41 Å². The predicted octanol–water partition coefficient (Wildman–Crippen LogP) is 5.81. The molecule has 1 N–H and O–H groups in total. The van der Waals surface area contributed by atoms with E-state index < -0.39 is 0 Å². The molecule has 1 nitrogen and oxygen atoms in total. The van der Waals surface area contributed by atoms with Crippen LogP contribution >= 0.6 is 15.9 Å². The minimum absolute atomic E-state index is 0.202. The van der Waals surface area contributed by atoms with Crippen molar-refractivity contribution < 1.29 is 4.39 Å². The van der Waals surface area contributed by atoms with Gasteiger partial charge in [0, 0.05) is 4.47 Å². The predicted molar refractivity (Wildman–Crippen MR) is 89.2 cm³/mol. The molecule has 0 saturated carbocycles. The maximum atomic E-state index is 13.5. The van der Waals surface area contributed by atoms with Crippen molar-refractivity contribution in [2.75, 3.05) is 5.32 Å². The first-order valence-electron chi connectivity index (χ1n) is 7.28. The van der Waals surface area contributed by atoms with Crippen LogP contribution in [0.15, 0.2) is 46.9 Å². The second kappa shape index (κ2) is 5.45. The first-order valence-corrected chi connectivity index (χ1v) is 8.08. The van der Waals surface area contributed by atoms with E-state index in [2.05, 4.69) is 59.4 Å². The molecule has 2 aromatic carbocycles. The van der Waals surface area contributed by atoms with Gasteiger partial charge >= 0.3 is 0 Å². The molecular weight excluding hydrogens is 329 g/mol. The van der Waals surface area contributed by atoms with Gasteiger partial charge in [0.2, 0.25) is 0 Å². The van der Waals surface area contributed by atoms with Gasteiger partial charge in [0.25, 0.3) is 0 Å². The van der Waals surface area contributed by atoms with E-state index >= 15 is 0 Å². The molecule has 0 aliphatic heterocycles. The Balaban J connectivity index is 1.96. The van der Waals surface area contributed by atoms with Crippen LogP contribution in [0.1, 0.15) is 43.9 Å². The number of hydrogen-bond donors (Lipinski definition) is 1. The largest absolute Gasteiger partial charge is 0.377 e. The number of rotatable bonds is 2. The highest BCUT2D eigenvalue weighted by atomic mass is 79.9. The molecule has 3 rings (SSSR count). The van der Waals surface area contributed by atoms with Gasteiger partial charge in [-0.15, -0.1) is 0 Å². The quantitative estimate of drug-likeness (QED) is 0.722. The lowest BCUT2D eigenvalue weighted by Crippen LogP contribution is -2.29. The van der Waals surface area contributed by atoms with Crippen molar-refractivity contribution in [2.24, 2.45) is 0 Å². The van der Waals surface area contributed by atoms with Crippen molar-refractivity contribution in [3.05, 3.63) is 63.9 Å². The molecule has 3 heteroatoms. The summed E-state index contributed by atoms with van der Waals surface area (Å²) in [5.41, 5.74) is 3.73. The summed E-state index contributed by atoms with van der Waals surface area (Å²) in [4.78, 5) is 0. The molecule has 0 amide bonds. The fourth-order valence-corrected chi connectivity index (χ4v) is 3.52. The number of fused-ring (bicyclic) bond motifs is 1. The Kier molecular flexibility index (Phi) is 3.78. The van der Waals surface area contributed by atoms with Gasteiger partial charge in [0.15, 0.2) is 0 Å². The molecule has 0 bridgehead atoms. The van der Waals surface area contributed by atoms with Gasteiger partial charge < -0.3 is 5.32 Å². The minimum atomic E-state index is -0.217. The molecule has 21 heavy (non-hydrogen) atoms. The lowest BCUT2D eigenvalue weighted by molar-refractivity contribution is 0.406. The van der Waals surface area contributed by atoms with E-state index in [4.69, 9.17) is 0 Å². The van der Waals surface area contributed by atoms with Crippen molar-refractivity contribution in [3.63, 3.8) is 0 Å². The normalized spacial score (nSPS) is 19.9. The molecular formula is C18H19BrFN. The molecule has 1 unspecified atom stereocenters. The van der Waals surface area contributed by atoms with Crippen LogP contribution in [0.2, 0.25) is 0 Å². The Bertz CT molecular complexity index is 666. The zero-order valence-corrected chi connectivity index (χ0v) is 13.9. The molecule has 0 aromatic heterocycles. The maximum Gasteiger partial charge on any atom is 0.125 e. The second-order valence-corrected chi connectivity index (χ2v) is 7.19. The lowest BCUT2D eigenvalue weighted by atomic mass is 9.71. The third-order valence-corrected chi connectivity index (χ3v) is 5.07. The number of nitrogens with one attached hydrogen (secondary N) is 1. The smallest absolute Gasteiger partial charge is 0.125 e. The molecule has 0 fully saturated rings. The molecule has 0 heterocycles. The van der Waals surface area contributed by atoms with E-state index in [0.717, 1.165) is 23.0 Å². The molecule has 110 valence electrons. The number of benzene rings is 2. The van der Waals surface area contributed by atoms with Crippen molar-refractivity contribution in [2.45, 2.75) is 38.1 Å². The number of halogens is 2. The van der Waals surface area contributed by atoms with Crippen LogP contribution < -0.4 is 5.32 Å². The van der Waals surface area contributed by atoms with Crippen molar-refractivity contribution >= 4 is 21.6 Å². The van der Waals surface area contributed by atoms with Crippen LogP contribution in [0.3, 0.4) is 0 Å². The highest BCUT2D eigenvalue weighted by molar-refractivity contribution is 9.10. The fraction of sp³-hybridized carbons (Fsp3) is 0.333. The first kappa shape index (κ1) is 14.6. The van der Waals surface area contributed by atoms with Gasteiger partial charge in [0.05, 0.1) is 11.7 Å². The topological polar surface area (TPSA) is 12.0 Å². The minimum Gasteiger partial charge on any atom is -0.377 e. The van der Waals surface area contributed by atoms with E-state index in [1.165, 1.54) is 17.2 Å². The summed E-state index contributed by atoms with van der Waals surface area (Å²) in [6.45, 7) is 4.58. The van der Waals surface area contributed by atoms with Crippen LogP contribution in [0, 0.1) is 5.82 Å². The number of anilines is 1. The van der Waals surface area contributed by atoms with E-state index in [9.17, 15) is 4.39 Å². The molecule has 0 spiro atoms. The van der Waals surface area contributed by atoms with Crippen LogP contribution in [0.4, 0.5) is 10.1 Å². The van der Waals surface area contributed by atoms with E-state index in [1.807, 2.05) is 0 Å². The summed E-state index contributed by atoms with van der Waals surface area (Å²) < 4.78 is 14.4. The van der Waals surface area contributed by atoms with Crippen molar-refractivity contribution in [3.8, 4) is 0 Å². The Morgan fingerprint density at radius 3 is 2.76 bits per heavy atom. The highest BCUT2D eigenvalue weighted by Crippen LogP contribution is 2.43.